The average molecular weight is 277 g/mol. The maximum absolute atomic E-state index is 11.9. The van der Waals surface area contributed by atoms with Crippen LogP contribution in [0.2, 0.25) is 0 Å². The van der Waals surface area contributed by atoms with E-state index in [9.17, 15) is 14.7 Å². The van der Waals surface area contributed by atoms with Gasteiger partial charge in [0.15, 0.2) is 0 Å². The molecule has 1 aliphatic rings. The molecule has 0 aliphatic carbocycles. The summed E-state index contributed by atoms with van der Waals surface area (Å²) in [6, 6.07) is 9.36. The quantitative estimate of drug-likeness (QED) is 0.799. The number of piperidine rings is 1. The van der Waals surface area contributed by atoms with Crippen LogP contribution in [0.15, 0.2) is 30.3 Å². The third kappa shape index (κ3) is 3.57. The summed E-state index contributed by atoms with van der Waals surface area (Å²) >= 11 is 0. The van der Waals surface area contributed by atoms with Gasteiger partial charge in [-0.2, -0.15) is 0 Å². The van der Waals surface area contributed by atoms with Gasteiger partial charge in [0, 0.05) is 0 Å². The van der Waals surface area contributed by atoms with Crippen molar-refractivity contribution >= 4 is 11.9 Å². The van der Waals surface area contributed by atoms with Crippen molar-refractivity contribution < 1.29 is 19.4 Å². The minimum Gasteiger partial charge on any atom is -0.481 e. The Morgan fingerprint density at radius 2 is 1.85 bits per heavy atom. The number of benzene rings is 1. The van der Waals surface area contributed by atoms with Crippen LogP contribution >= 0.6 is 0 Å². The topological polar surface area (TPSA) is 75.6 Å². The van der Waals surface area contributed by atoms with E-state index in [1.807, 2.05) is 30.3 Å². The highest BCUT2D eigenvalue weighted by Gasteiger charge is 2.42. The number of rotatable bonds is 5. The first-order chi connectivity index (χ1) is 9.62. The lowest BCUT2D eigenvalue weighted by molar-refractivity contribution is -0.160. The molecule has 5 heteroatoms. The Bertz CT molecular complexity index is 466. The van der Waals surface area contributed by atoms with Crippen molar-refractivity contribution in [1.29, 1.82) is 0 Å². The largest absolute Gasteiger partial charge is 0.481 e. The normalized spacial score (nSPS) is 17.4. The molecule has 108 valence electrons. The van der Waals surface area contributed by atoms with E-state index in [0.29, 0.717) is 25.9 Å². The van der Waals surface area contributed by atoms with Crippen LogP contribution in [0.25, 0.3) is 0 Å². The third-order valence-electron chi connectivity index (χ3n) is 3.74. The van der Waals surface area contributed by atoms with E-state index in [0.717, 1.165) is 5.56 Å². The predicted molar refractivity (Wildman–Crippen MR) is 73.0 cm³/mol. The molecule has 20 heavy (non-hydrogen) atoms. The molecule has 0 amide bonds. The lowest BCUT2D eigenvalue weighted by Crippen LogP contribution is -2.43. The Hall–Kier alpha value is -1.88. The number of esters is 1. The first-order valence-electron chi connectivity index (χ1n) is 6.76. The summed E-state index contributed by atoms with van der Waals surface area (Å²) in [4.78, 5) is 23.3. The summed E-state index contributed by atoms with van der Waals surface area (Å²) in [5.41, 5.74) is -0.0745. The Kier molecular flexibility index (Phi) is 4.74. The molecule has 1 aromatic rings. The zero-order chi connectivity index (χ0) is 14.4. The van der Waals surface area contributed by atoms with Crippen LogP contribution in [0.5, 0.6) is 0 Å². The van der Waals surface area contributed by atoms with Gasteiger partial charge in [0.05, 0.1) is 11.8 Å². The van der Waals surface area contributed by atoms with E-state index < -0.39 is 17.4 Å². The van der Waals surface area contributed by atoms with Gasteiger partial charge in [0.1, 0.15) is 6.61 Å². The van der Waals surface area contributed by atoms with Gasteiger partial charge in [-0.25, -0.2) is 0 Å². The fourth-order valence-electron chi connectivity index (χ4n) is 2.44. The Labute approximate surface area is 117 Å². The molecule has 2 rings (SSSR count). The van der Waals surface area contributed by atoms with Crippen LogP contribution in [0.3, 0.4) is 0 Å². The third-order valence-corrected chi connectivity index (χ3v) is 3.74. The molecule has 1 heterocycles. The molecule has 1 fully saturated rings. The number of hydrogen-bond acceptors (Lipinski definition) is 4. The van der Waals surface area contributed by atoms with Crippen molar-refractivity contribution in [2.45, 2.75) is 25.9 Å². The van der Waals surface area contributed by atoms with Crippen molar-refractivity contribution in [1.82, 2.24) is 5.32 Å². The summed E-state index contributed by atoms with van der Waals surface area (Å²) in [7, 11) is 0. The minimum atomic E-state index is -0.973. The van der Waals surface area contributed by atoms with Crippen molar-refractivity contribution in [3.8, 4) is 0 Å². The van der Waals surface area contributed by atoms with Gasteiger partial charge in [-0.05, 0) is 31.5 Å². The highest BCUT2D eigenvalue weighted by atomic mass is 16.5. The van der Waals surface area contributed by atoms with Crippen LogP contribution in [0.4, 0.5) is 0 Å². The van der Waals surface area contributed by atoms with E-state index in [1.165, 1.54) is 0 Å². The molecule has 1 saturated heterocycles. The van der Waals surface area contributed by atoms with Gasteiger partial charge >= 0.3 is 11.9 Å². The molecule has 1 aromatic carbocycles. The second-order valence-electron chi connectivity index (χ2n) is 5.16. The second-order valence-corrected chi connectivity index (χ2v) is 5.16. The van der Waals surface area contributed by atoms with Crippen molar-refractivity contribution in [3.63, 3.8) is 0 Å². The summed E-state index contributed by atoms with van der Waals surface area (Å²) in [6.07, 6.45) is 0.863. The molecule has 5 nitrogen and oxygen atoms in total. The fourth-order valence-corrected chi connectivity index (χ4v) is 2.44. The standard InChI is InChI=1S/C15H19NO4/c17-13(20-11-12-4-2-1-3-5-12)10-15(14(18)19)6-8-16-9-7-15/h1-5,16H,6-11H2,(H,18,19). The van der Waals surface area contributed by atoms with Gasteiger partial charge < -0.3 is 15.2 Å². The number of ether oxygens (including phenoxy) is 1. The Balaban J connectivity index is 1.90. The van der Waals surface area contributed by atoms with Crippen LogP contribution in [0.1, 0.15) is 24.8 Å². The first kappa shape index (κ1) is 14.5. The lowest BCUT2D eigenvalue weighted by atomic mass is 9.76. The molecular weight excluding hydrogens is 258 g/mol. The minimum absolute atomic E-state index is 0.0587. The van der Waals surface area contributed by atoms with Crippen LogP contribution in [-0.4, -0.2) is 30.1 Å². The molecule has 0 bridgehead atoms. The smallest absolute Gasteiger partial charge is 0.310 e. The zero-order valence-electron chi connectivity index (χ0n) is 11.3. The summed E-state index contributed by atoms with van der Waals surface area (Å²) in [6.45, 7) is 1.43. The molecule has 0 atom stereocenters. The number of carbonyl (C=O) groups is 2. The number of hydrogen-bond donors (Lipinski definition) is 2. The van der Waals surface area contributed by atoms with Crippen LogP contribution in [0, 0.1) is 5.41 Å². The molecule has 0 spiro atoms. The Morgan fingerprint density at radius 3 is 2.45 bits per heavy atom. The monoisotopic (exact) mass is 277 g/mol. The van der Waals surface area contributed by atoms with Crippen LogP contribution < -0.4 is 5.32 Å². The Morgan fingerprint density at radius 1 is 1.20 bits per heavy atom. The van der Waals surface area contributed by atoms with E-state index in [4.69, 9.17) is 4.74 Å². The van der Waals surface area contributed by atoms with Gasteiger partial charge in [-0.15, -0.1) is 0 Å². The van der Waals surface area contributed by atoms with E-state index >= 15 is 0 Å². The van der Waals surface area contributed by atoms with Gasteiger partial charge in [-0.1, -0.05) is 30.3 Å². The van der Waals surface area contributed by atoms with E-state index in [2.05, 4.69) is 5.32 Å². The van der Waals surface area contributed by atoms with Gasteiger partial charge in [-0.3, -0.25) is 9.59 Å². The number of aliphatic carboxylic acids is 1. The summed E-state index contributed by atoms with van der Waals surface area (Å²) < 4.78 is 5.18. The molecular formula is C15H19NO4. The maximum atomic E-state index is 11.9. The van der Waals surface area contributed by atoms with Gasteiger partial charge in [0.2, 0.25) is 0 Å². The molecule has 0 unspecified atom stereocenters. The SMILES string of the molecule is O=C(CC1(C(=O)O)CCNCC1)OCc1ccccc1. The number of nitrogens with one attached hydrogen (secondary N) is 1. The summed E-state index contributed by atoms with van der Waals surface area (Å²) in [5, 5.41) is 12.5. The first-order valence-corrected chi connectivity index (χ1v) is 6.76. The molecule has 0 radical (unpaired) electrons. The molecule has 0 aromatic heterocycles. The summed E-state index contributed by atoms with van der Waals surface area (Å²) in [5.74, 6) is -1.35. The molecule has 0 saturated carbocycles. The van der Waals surface area contributed by atoms with Crippen LogP contribution in [-0.2, 0) is 20.9 Å². The highest BCUT2D eigenvalue weighted by molar-refractivity contribution is 5.82. The highest BCUT2D eigenvalue weighted by Crippen LogP contribution is 2.33. The van der Waals surface area contributed by atoms with Crippen molar-refractivity contribution in [2.75, 3.05) is 13.1 Å². The number of carboxylic acids is 1. The number of carbonyl (C=O) groups excluding carboxylic acids is 1. The number of carboxylic acid groups (broad SMARTS) is 1. The maximum Gasteiger partial charge on any atom is 0.310 e. The predicted octanol–water partition coefficient (Wildman–Crippen LogP) is 1.57. The fraction of sp³-hybridized carbons (Fsp3) is 0.467. The van der Waals surface area contributed by atoms with Crippen molar-refractivity contribution in [2.24, 2.45) is 5.41 Å². The molecule has 1 aliphatic heterocycles. The van der Waals surface area contributed by atoms with E-state index in [-0.39, 0.29) is 13.0 Å². The lowest BCUT2D eigenvalue weighted by Gasteiger charge is -2.32. The zero-order valence-corrected chi connectivity index (χ0v) is 11.3. The molecule has 2 N–H and O–H groups in total. The van der Waals surface area contributed by atoms with Gasteiger partial charge in [0.25, 0.3) is 0 Å². The van der Waals surface area contributed by atoms with Crippen molar-refractivity contribution in [3.05, 3.63) is 35.9 Å². The second kappa shape index (κ2) is 6.52. The van der Waals surface area contributed by atoms with E-state index in [1.54, 1.807) is 0 Å². The average Bonchev–Trinajstić information content (AvgIpc) is 2.47.